The van der Waals surface area contributed by atoms with Crippen LogP contribution in [-0.2, 0) is 0 Å². The molecule has 0 amide bonds. The molecule has 0 spiro atoms. The smallest absolute Gasteiger partial charge is 0.343 e. The Labute approximate surface area is 192 Å². The Morgan fingerprint density at radius 2 is 1.78 bits per heavy atom. The number of esters is 1. The Morgan fingerprint density at radius 1 is 1.03 bits per heavy atom. The minimum absolute atomic E-state index is 0.303. The summed E-state index contributed by atoms with van der Waals surface area (Å²) in [6, 6.07) is 21.4. The summed E-state index contributed by atoms with van der Waals surface area (Å²) in [4.78, 5) is 12.5. The standard InChI is InChI=1S/C24H23N3O4S/c1-3-30-20-12-10-18(11-13-20)23(28)31-21-14-9-17(15-22(21)29-2)16-25-27-24(32)26-19-7-5-4-6-8-19/h4-16H,3H2,1-2H3,(H2,26,27,32)/b25-16-. The van der Waals surface area contributed by atoms with E-state index in [-0.39, 0.29) is 0 Å². The average Bonchev–Trinajstić information content (AvgIpc) is 2.81. The Hall–Kier alpha value is -3.91. The second-order valence-electron chi connectivity index (χ2n) is 6.45. The highest BCUT2D eigenvalue weighted by Gasteiger charge is 2.13. The predicted molar refractivity (Wildman–Crippen MR) is 129 cm³/mol. The molecule has 0 aliphatic heterocycles. The van der Waals surface area contributed by atoms with Crippen LogP contribution in [0.4, 0.5) is 5.69 Å². The fourth-order valence-electron chi connectivity index (χ4n) is 2.71. The van der Waals surface area contributed by atoms with Crippen LogP contribution in [0.25, 0.3) is 0 Å². The number of thiocarbonyl (C=S) groups is 1. The number of nitrogens with one attached hydrogen (secondary N) is 2. The van der Waals surface area contributed by atoms with Crippen LogP contribution in [0.15, 0.2) is 77.9 Å². The van der Waals surface area contributed by atoms with Gasteiger partial charge >= 0.3 is 5.97 Å². The maximum Gasteiger partial charge on any atom is 0.343 e. The van der Waals surface area contributed by atoms with E-state index in [1.165, 1.54) is 7.11 Å². The van der Waals surface area contributed by atoms with Gasteiger partial charge in [0.25, 0.3) is 0 Å². The molecule has 0 heterocycles. The molecule has 2 N–H and O–H groups in total. The van der Waals surface area contributed by atoms with Gasteiger partial charge < -0.3 is 19.5 Å². The molecule has 8 heteroatoms. The zero-order valence-electron chi connectivity index (χ0n) is 17.7. The summed E-state index contributed by atoms with van der Waals surface area (Å²) in [5, 5.41) is 7.51. The van der Waals surface area contributed by atoms with E-state index in [2.05, 4.69) is 15.8 Å². The van der Waals surface area contributed by atoms with Crippen LogP contribution >= 0.6 is 12.2 Å². The highest BCUT2D eigenvalue weighted by Crippen LogP contribution is 2.28. The highest BCUT2D eigenvalue weighted by molar-refractivity contribution is 7.80. The number of anilines is 1. The van der Waals surface area contributed by atoms with Crippen LogP contribution in [-0.4, -0.2) is 31.0 Å². The van der Waals surface area contributed by atoms with Crippen LogP contribution in [0.1, 0.15) is 22.8 Å². The fraction of sp³-hybridized carbons (Fsp3) is 0.125. The summed E-state index contributed by atoms with van der Waals surface area (Å²) in [6.45, 7) is 2.45. The van der Waals surface area contributed by atoms with Crippen molar-refractivity contribution < 1.29 is 19.0 Å². The average molecular weight is 450 g/mol. The molecule has 0 fully saturated rings. The third kappa shape index (κ3) is 6.55. The van der Waals surface area contributed by atoms with E-state index < -0.39 is 5.97 Å². The maximum absolute atomic E-state index is 12.5. The number of para-hydroxylation sites is 1. The molecule has 32 heavy (non-hydrogen) atoms. The van der Waals surface area contributed by atoms with Gasteiger partial charge in [-0.15, -0.1) is 0 Å². The zero-order chi connectivity index (χ0) is 22.8. The van der Waals surface area contributed by atoms with Crippen LogP contribution in [0.2, 0.25) is 0 Å². The molecule has 0 saturated carbocycles. The number of hydrogen-bond donors (Lipinski definition) is 2. The Balaban J connectivity index is 1.60. The summed E-state index contributed by atoms with van der Waals surface area (Å²) < 4.78 is 16.2. The van der Waals surface area contributed by atoms with Crippen molar-refractivity contribution in [1.82, 2.24) is 5.43 Å². The Bertz CT molecular complexity index is 1090. The van der Waals surface area contributed by atoms with Crippen LogP contribution in [0, 0.1) is 0 Å². The molecule has 3 aromatic carbocycles. The van der Waals surface area contributed by atoms with E-state index in [1.807, 2.05) is 37.3 Å². The zero-order valence-corrected chi connectivity index (χ0v) is 18.5. The second-order valence-corrected chi connectivity index (χ2v) is 6.86. The van der Waals surface area contributed by atoms with Gasteiger partial charge in [0, 0.05) is 5.69 Å². The number of rotatable bonds is 8. The van der Waals surface area contributed by atoms with E-state index in [1.54, 1.807) is 48.7 Å². The third-order valence-electron chi connectivity index (χ3n) is 4.20. The van der Waals surface area contributed by atoms with Crippen molar-refractivity contribution in [2.45, 2.75) is 6.92 Å². The number of hydrogen-bond acceptors (Lipinski definition) is 6. The summed E-state index contributed by atoms with van der Waals surface area (Å²) in [7, 11) is 1.50. The van der Waals surface area contributed by atoms with Gasteiger partial charge in [0.2, 0.25) is 0 Å². The largest absolute Gasteiger partial charge is 0.494 e. The molecule has 0 atom stereocenters. The van der Waals surface area contributed by atoms with Gasteiger partial charge in [-0.25, -0.2) is 4.79 Å². The fourth-order valence-corrected chi connectivity index (χ4v) is 2.88. The first kappa shape index (κ1) is 22.8. The lowest BCUT2D eigenvalue weighted by atomic mass is 10.2. The Morgan fingerprint density at radius 3 is 2.47 bits per heavy atom. The van der Waals surface area contributed by atoms with E-state index in [9.17, 15) is 4.79 Å². The normalized spacial score (nSPS) is 10.4. The number of carbonyl (C=O) groups excluding carboxylic acids is 1. The van der Waals surface area contributed by atoms with E-state index in [4.69, 9.17) is 26.4 Å². The molecule has 0 saturated heterocycles. The third-order valence-corrected chi connectivity index (χ3v) is 4.40. The number of methoxy groups -OCH3 is 1. The molecule has 0 aliphatic carbocycles. The minimum atomic E-state index is -0.494. The first-order valence-electron chi connectivity index (χ1n) is 9.87. The summed E-state index contributed by atoms with van der Waals surface area (Å²) >= 11 is 5.21. The topological polar surface area (TPSA) is 81.2 Å². The van der Waals surface area contributed by atoms with Gasteiger partial charge in [0.05, 0.1) is 25.5 Å². The lowest BCUT2D eigenvalue weighted by Crippen LogP contribution is -2.23. The van der Waals surface area contributed by atoms with Gasteiger partial charge in [-0.05, 0) is 79.3 Å². The van der Waals surface area contributed by atoms with Crippen molar-refractivity contribution >= 4 is 35.2 Å². The van der Waals surface area contributed by atoms with Crippen molar-refractivity contribution in [2.24, 2.45) is 5.10 Å². The maximum atomic E-state index is 12.5. The molecular formula is C24H23N3O4S. The van der Waals surface area contributed by atoms with E-state index in [0.29, 0.717) is 34.5 Å². The number of carbonyl (C=O) groups is 1. The molecule has 0 unspecified atom stereocenters. The van der Waals surface area contributed by atoms with Crippen molar-refractivity contribution in [3.05, 3.63) is 83.9 Å². The summed E-state index contributed by atoms with van der Waals surface area (Å²) in [5.41, 5.74) is 4.76. The molecular weight excluding hydrogens is 426 g/mol. The first-order chi connectivity index (χ1) is 15.6. The molecule has 0 aliphatic rings. The highest BCUT2D eigenvalue weighted by atomic mass is 32.1. The minimum Gasteiger partial charge on any atom is -0.494 e. The number of benzene rings is 3. The van der Waals surface area contributed by atoms with Crippen LogP contribution in [0.3, 0.4) is 0 Å². The number of nitrogens with zero attached hydrogens (tertiary/aromatic N) is 1. The van der Waals surface area contributed by atoms with Gasteiger partial charge in [0.15, 0.2) is 16.6 Å². The monoisotopic (exact) mass is 449 g/mol. The molecule has 7 nitrogen and oxygen atoms in total. The molecule has 3 rings (SSSR count). The van der Waals surface area contributed by atoms with E-state index in [0.717, 1.165) is 11.3 Å². The van der Waals surface area contributed by atoms with Crippen LogP contribution < -0.4 is 25.0 Å². The first-order valence-corrected chi connectivity index (χ1v) is 10.3. The predicted octanol–water partition coefficient (Wildman–Crippen LogP) is 4.63. The number of hydrazone groups is 1. The van der Waals surface area contributed by atoms with Crippen molar-refractivity contribution in [1.29, 1.82) is 0 Å². The van der Waals surface area contributed by atoms with Gasteiger partial charge in [-0.3, -0.25) is 5.43 Å². The second kappa shape index (κ2) is 11.5. The molecule has 3 aromatic rings. The quantitative estimate of drug-likeness (QED) is 0.171. The van der Waals surface area contributed by atoms with Crippen molar-refractivity contribution in [3.8, 4) is 17.2 Å². The van der Waals surface area contributed by atoms with Gasteiger partial charge in [-0.2, -0.15) is 5.10 Å². The summed E-state index contributed by atoms with van der Waals surface area (Å²) in [5.74, 6) is 0.903. The van der Waals surface area contributed by atoms with Gasteiger partial charge in [-0.1, -0.05) is 18.2 Å². The number of ether oxygens (including phenoxy) is 3. The SMILES string of the molecule is CCOc1ccc(C(=O)Oc2ccc(/C=N\NC(=S)Nc3ccccc3)cc2OC)cc1. The van der Waals surface area contributed by atoms with Crippen molar-refractivity contribution in [3.63, 3.8) is 0 Å². The van der Waals surface area contributed by atoms with Crippen LogP contribution in [0.5, 0.6) is 17.2 Å². The molecule has 164 valence electrons. The summed E-state index contributed by atoms with van der Waals surface area (Å²) in [6.07, 6.45) is 1.58. The Kier molecular flexibility index (Phi) is 8.16. The lowest BCUT2D eigenvalue weighted by molar-refractivity contribution is 0.0729. The lowest BCUT2D eigenvalue weighted by Gasteiger charge is -2.10. The molecule has 0 bridgehead atoms. The van der Waals surface area contributed by atoms with Gasteiger partial charge in [0.1, 0.15) is 5.75 Å². The molecule has 0 aromatic heterocycles. The molecule has 0 radical (unpaired) electrons. The van der Waals surface area contributed by atoms with E-state index >= 15 is 0 Å². The van der Waals surface area contributed by atoms with Crippen molar-refractivity contribution in [2.75, 3.05) is 19.0 Å².